The van der Waals surface area contributed by atoms with E-state index in [0.29, 0.717) is 43.6 Å². The van der Waals surface area contributed by atoms with Gasteiger partial charge in [-0.15, -0.1) is 0 Å². The minimum Gasteiger partial charge on any atom is -0.278 e. The predicted octanol–water partition coefficient (Wildman–Crippen LogP) is 16.7. The van der Waals surface area contributed by atoms with Gasteiger partial charge < -0.3 is 0 Å². The highest BCUT2D eigenvalue weighted by atomic mass is 32.1. The van der Waals surface area contributed by atoms with E-state index < -0.39 is 0 Å². The van der Waals surface area contributed by atoms with Crippen LogP contribution in [0.3, 0.4) is 0 Å². The lowest BCUT2D eigenvalue weighted by Gasteiger charge is -2.13. The lowest BCUT2D eigenvalue weighted by Crippen LogP contribution is -2.12. The predicted molar refractivity (Wildman–Crippen MR) is 351 cm³/mol. The Labute approximate surface area is 492 Å². The highest BCUT2D eigenvalue weighted by molar-refractivity contribution is 7.24. The molecule has 86 heavy (non-hydrogen) atoms. The van der Waals surface area contributed by atoms with Crippen molar-refractivity contribution in [1.82, 2.24) is 47.8 Å². The van der Waals surface area contributed by atoms with E-state index in [-0.39, 0.29) is 11.1 Å². The molecule has 0 atom stereocenters. The van der Waals surface area contributed by atoms with Crippen molar-refractivity contribution in [2.75, 3.05) is 0 Å². The van der Waals surface area contributed by atoms with Gasteiger partial charge in [0, 0.05) is 48.8 Å². The first kappa shape index (κ1) is 47.2. The third kappa shape index (κ3) is 6.61. The number of nitrogens with zero attached hydrogens (tertiary/aromatic N) is 10. The van der Waals surface area contributed by atoms with Crippen LogP contribution in [0.1, 0.15) is 0 Å². The van der Waals surface area contributed by atoms with Gasteiger partial charge in [-0.05, 0) is 89.3 Å². The highest BCUT2D eigenvalue weighted by Crippen LogP contribution is 2.43. The molecule has 0 aliphatic heterocycles. The van der Waals surface area contributed by atoms with Gasteiger partial charge in [-0.2, -0.15) is 0 Å². The summed E-state index contributed by atoms with van der Waals surface area (Å²) < 4.78 is 9.39. The highest BCUT2D eigenvalue weighted by Gasteiger charge is 2.25. The summed E-state index contributed by atoms with van der Waals surface area (Å²) in [5, 5.41) is 9.12. The van der Waals surface area contributed by atoms with Gasteiger partial charge in [0.2, 0.25) is 11.9 Å². The number of fused-ring (bicyclic) bond motifs is 20. The Morgan fingerprint density at radius 2 is 0.860 bits per heavy atom. The maximum absolute atomic E-state index is 15.3. The summed E-state index contributed by atoms with van der Waals surface area (Å²) in [6.07, 6.45) is 0. The van der Waals surface area contributed by atoms with E-state index >= 15 is 4.79 Å². The Bertz CT molecular complexity index is 6340. The van der Waals surface area contributed by atoms with Crippen molar-refractivity contribution in [3.63, 3.8) is 0 Å². The smallest absolute Gasteiger partial charge is 0.266 e. The molecular weight excluding hydrogens is 1100 g/mol. The number of hydrogen-bond donors (Lipinski definition) is 0. The maximum atomic E-state index is 15.3. The average molecular weight is 1140 g/mol. The molecule has 0 fully saturated rings. The van der Waals surface area contributed by atoms with E-state index in [1.54, 1.807) is 8.80 Å². The Morgan fingerprint density at radius 3 is 1.63 bits per heavy atom. The second-order valence-corrected chi connectivity index (χ2v) is 23.7. The van der Waals surface area contributed by atoms with E-state index in [2.05, 4.69) is 124 Å². The lowest BCUT2D eigenvalue weighted by atomic mass is 10.00. The van der Waals surface area contributed by atoms with E-state index in [1.165, 1.54) is 22.7 Å². The van der Waals surface area contributed by atoms with Gasteiger partial charge in [0.05, 0.1) is 86.7 Å². The van der Waals surface area contributed by atoms with Gasteiger partial charge in [-0.25, -0.2) is 38.7 Å². The number of benzene rings is 11. The number of imidazole rings is 2. The number of aromatic nitrogens is 10. The number of rotatable bonds is 5. The summed E-state index contributed by atoms with van der Waals surface area (Å²) in [6, 6.07) is 77.8. The number of hydrogen-bond acceptors (Lipinski definition) is 10. The van der Waals surface area contributed by atoms with Crippen molar-refractivity contribution in [3.8, 4) is 45.5 Å². The van der Waals surface area contributed by atoms with Gasteiger partial charge in [-0.3, -0.25) is 18.7 Å². The van der Waals surface area contributed by atoms with Crippen LogP contribution in [-0.2, 0) is 0 Å². The van der Waals surface area contributed by atoms with Crippen molar-refractivity contribution in [2.24, 2.45) is 0 Å². The molecule has 0 bridgehead atoms. The minimum absolute atomic E-state index is 0.122. The van der Waals surface area contributed by atoms with Crippen molar-refractivity contribution in [1.29, 1.82) is 0 Å². The van der Waals surface area contributed by atoms with E-state index in [4.69, 9.17) is 29.9 Å². The molecule has 0 radical (unpaired) electrons. The van der Waals surface area contributed by atoms with Crippen LogP contribution in [0.2, 0.25) is 0 Å². The molecule has 11 aromatic carbocycles. The molecule has 0 unspecified atom stereocenters. The lowest BCUT2D eigenvalue weighted by molar-refractivity contribution is 1.02. The second-order valence-electron chi connectivity index (χ2n) is 21.7. The Kier molecular flexibility index (Phi) is 9.66. The van der Waals surface area contributed by atoms with E-state index in [0.717, 1.165) is 130 Å². The molecule has 19 rings (SSSR count). The second kappa shape index (κ2) is 17.6. The zero-order valence-corrected chi connectivity index (χ0v) is 46.7. The van der Waals surface area contributed by atoms with Gasteiger partial charge in [-0.1, -0.05) is 180 Å². The normalized spacial score (nSPS) is 12.3. The topological polar surface area (TPSA) is 130 Å². The van der Waals surface area contributed by atoms with Crippen molar-refractivity contribution >= 4 is 151 Å². The molecule has 400 valence electrons. The van der Waals surface area contributed by atoms with Crippen LogP contribution in [0.25, 0.3) is 174 Å². The molecule has 0 saturated heterocycles. The molecule has 0 aliphatic rings. The first-order valence-corrected chi connectivity index (χ1v) is 29.8. The fraction of sp³-hybridized carbons (Fsp3) is 0. The van der Waals surface area contributed by atoms with Crippen molar-refractivity contribution in [3.05, 3.63) is 251 Å². The summed E-state index contributed by atoms with van der Waals surface area (Å²) in [7, 11) is 0. The summed E-state index contributed by atoms with van der Waals surface area (Å²) >= 11 is 3.01. The molecule has 0 aliphatic carbocycles. The van der Waals surface area contributed by atoms with Crippen LogP contribution in [-0.4, -0.2) is 47.8 Å². The van der Waals surface area contributed by atoms with Crippen LogP contribution < -0.4 is 11.1 Å². The first-order chi connectivity index (χ1) is 42.5. The largest absolute Gasteiger partial charge is 0.278 e. The Balaban J connectivity index is 0.779. The van der Waals surface area contributed by atoms with Crippen LogP contribution in [0.5, 0.6) is 0 Å². The summed E-state index contributed by atoms with van der Waals surface area (Å²) in [5.41, 5.74) is 13.3. The quantitative estimate of drug-likeness (QED) is 0.156. The summed E-state index contributed by atoms with van der Waals surface area (Å²) in [4.78, 5) is 62.7. The molecule has 8 aromatic heterocycles. The Morgan fingerprint density at radius 1 is 0.314 bits per heavy atom. The summed E-state index contributed by atoms with van der Waals surface area (Å²) in [6.45, 7) is 0. The molecule has 0 amide bonds. The van der Waals surface area contributed by atoms with Gasteiger partial charge in [0.1, 0.15) is 0 Å². The molecule has 0 saturated carbocycles. The summed E-state index contributed by atoms with van der Waals surface area (Å²) in [5.74, 6) is 1.03. The standard InChI is InChI=1S/C72H38N10O2S2/c83-67-49-33-36-58-60(47-22-10-13-25-56(47)79(58)70-76-61(40-16-3-1-4-17-40)48-30-27-39-15-7-8-20-44(39)63(48)78-70)65(49)85-72-75-54-35-29-43(38-59(54)82(67)72)42-28-34-52-51(37-42)62(41-18-5-2-6-19-41)77-69(73-52)80-55-24-12-9-21-45(55)46-31-32-50-66(64(46)80)86-71-74-53-23-11-14-26-57(53)81(71)68(50)84/h1-38H. The van der Waals surface area contributed by atoms with E-state index in [1.807, 2.05) is 115 Å². The number of para-hydroxylation sites is 4. The fourth-order valence-corrected chi connectivity index (χ4v) is 15.5. The first-order valence-electron chi connectivity index (χ1n) is 28.2. The average Bonchev–Trinajstić information content (AvgIpc) is 1.63. The van der Waals surface area contributed by atoms with Crippen molar-refractivity contribution < 1.29 is 0 Å². The van der Waals surface area contributed by atoms with Gasteiger partial charge in [0.25, 0.3) is 11.1 Å². The molecule has 12 nitrogen and oxygen atoms in total. The Hall–Kier alpha value is -11.3. The molecule has 0 N–H and O–H groups in total. The minimum atomic E-state index is -0.148. The molecular formula is C72H38N10O2S2. The zero-order valence-electron chi connectivity index (χ0n) is 45.0. The molecule has 8 heterocycles. The third-order valence-corrected chi connectivity index (χ3v) is 19.2. The van der Waals surface area contributed by atoms with E-state index in [9.17, 15) is 4.79 Å². The van der Waals surface area contributed by atoms with Crippen LogP contribution in [0.15, 0.2) is 240 Å². The molecule has 19 aromatic rings. The monoisotopic (exact) mass is 1140 g/mol. The zero-order chi connectivity index (χ0) is 56.5. The SMILES string of the molecule is O=c1c2ccc3c(c4ccccc4n3-c3nc(-c4ccccc4)c4ccc5ccccc5c4n3)c2sc2nc3ccc(-c4ccc5nc(-n6c7ccccc7c7ccc8c(=O)n9c(nc%10ccccc%109)sc8c76)nc(-c6ccccc6)c5c4)cc3n12. The maximum Gasteiger partial charge on any atom is 0.266 e. The third-order valence-electron chi connectivity index (χ3n) is 17.1. The fourth-order valence-electron chi connectivity index (χ4n) is 13.2. The molecule has 14 heteroatoms. The molecule has 0 spiro atoms. The van der Waals surface area contributed by atoms with Crippen LogP contribution in [0, 0.1) is 0 Å². The van der Waals surface area contributed by atoms with Crippen molar-refractivity contribution in [2.45, 2.75) is 0 Å². The van der Waals surface area contributed by atoms with Gasteiger partial charge >= 0.3 is 0 Å². The van der Waals surface area contributed by atoms with Gasteiger partial charge in [0.15, 0.2) is 9.92 Å². The van der Waals surface area contributed by atoms with Crippen LogP contribution in [0.4, 0.5) is 0 Å². The van der Waals surface area contributed by atoms with Crippen LogP contribution >= 0.6 is 22.7 Å².